The Kier molecular flexibility index (Phi) is 6.90. The van der Waals surface area contributed by atoms with Gasteiger partial charge in [-0.15, -0.1) is 0 Å². The van der Waals surface area contributed by atoms with E-state index in [0.29, 0.717) is 41.5 Å². The van der Waals surface area contributed by atoms with Gasteiger partial charge in [0.05, 0.1) is 41.6 Å². The molecule has 168 valence electrons. The highest BCUT2D eigenvalue weighted by Crippen LogP contribution is 2.36. The van der Waals surface area contributed by atoms with E-state index in [-0.39, 0.29) is 24.6 Å². The molecule has 0 aliphatic carbocycles. The lowest BCUT2D eigenvalue weighted by molar-refractivity contribution is 0.0196. The van der Waals surface area contributed by atoms with Gasteiger partial charge in [0.25, 0.3) is 5.91 Å². The van der Waals surface area contributed by atoms with Crippen molar-refractivity contribution < 1.29 is 9.90 Å². The van der Waals surface area contributed by atoms with E-state index < -0.39 is 0 Å². The van der Waals surface area contributed by atoms with Crippen molar-refractivity contribution in [2.45, 2.75) is 12.1 Å². The smallest absolute Gasteiger partial charge is 0.255 e. The van der Waals surface area contributed by atoms with E-state index in [1.54, 1.807) is 29.2 Å². The Bertz CT molecular complexity index is 1180. The summed E-state index contributed by atoms with van der Waals surface area (Å²) in [5, 5.41) is 20.3. The third kappa shape index (κ3) is 4.83. The van der Waals surface area contributed by atoms with Gasteiger partial charge in [0.1, 0.15) is 0 Å². The number of nitrogens with two attached hydrogens (primary N) is 1. The van der Waals surface area contributed by atoms with Crippen LogP contribution in [0.15, 0.2) is 67.0 Å². The Balaban J connectivity index is 1.67. The van der Waals surface area contributed by atoms with E-state index in [2.05, 4.69) is 16.0 Å². The van der Waals surface area contributed by atoms with Crippen LogP contribution in [0.25, 0.3) is 0 Å². The second-order valence-electron chi connectivity index (χ2n) is 7.99. The number of anilines is 1. The minimum Gasteiger partial charge on any atom is -0.397 e. The first-order valence-corrected chi connectivity index (χ1v) is 11.0. The summed E-state index contributed by atoms with van der Waals surface area (Å²) in [6.45, 7) is 1.17. The van der Waals surface area contributed by atoms with Crippen LogP contribution in [-0.2, 0) is 0 Å². The van der Waals surface area contributed by atoms with E-state index in [4.69, 9.17) is 17.3 Å². The molecule has 3 N–H and O–H groups in total. The Labute approximate surface area is 197 Å². The van der Waals surface area contributed by atoms with Gasteiger partial charge in [-0.2, -0.15) is 5.26 Å². The molecule has 4 rings (SSSR count). The average molecular weight is 462 g/mol. The largest absolute Gasteiger partial charge is 0.397 e. The summed E-state index contributed by atoms with van der Waals surface area (Å²) >= 11 is 6.60. The van der Waals surface area contributed by atoms with Gasteiger partial charge in [-0.05, 0) is 35.4 Å². The van der Waals surface area contributed by atoms with Crippen molar-refractivity contribution in [2.24, 2.45) is 0 Å². The summed E-state index contributed by atoms with van der Waals surface area (Å²) in [5.74, 6) is -0.173. The normalized spacial score (nSPS) is 17.4. The molecular weight excluding hydrogens is 438 g/mol. The molecule has 1 fully saturated rings. The van der Waals surface area contributed by atoms with Crippen LogP contribution < -0.4 is 5.73 Å². The number of piperazine rings is 1. The van der Waals surface area contributed by atoms with Crippen molar-refractivity contribution >= 4 is 23.2 Å². The van der Waals surface area contributed by atoms with Crippen LogP contribution in [0.5, 0.6) is 0 Å². The van der Waals surface area contributed by atoms with Crippen molar-refractivity contribution in [3.63, 3.8) is 0 Å². The van der Waals surface area contributed by atoms with Gasteiger partial charge in [0, 0.05) is 37.1 Å². The molecule has 1 aliphatic heterocycles. The number of nitriles is 1. The number of pyridine rings is 1. The van der Waals surface area contributed by atoms with Crippen LogP contribution >= 0.6 is 11.6 Å². The predicted octanol–water partition coefficient (Wildman–Crippen LogP) is 3.10. The first-order valence-electron chi connectivity index (χ1n) is 10.6. The van der Waals surface area contributed by atoms with Crippen LogP contribution in [-0.4, -0.2) is 58.1 Å². The van der Waals surface area contributed by atoms with Crippen LogP contribution in [0.2, 0.25) is 5.02 Å². The van der Waals surface area contributed by atoms with E-state index >= 15 is 0 Å². The molecule has 0 spiro atoms. The van der Waals surface area contributed by atoms with E-state index in [0.717, 1.165) is 11.1 Å². The molecule has 8 heteroatoms. The SMILES string of the molecule is N#Cc1ccc(Cl)c([C@H](c2ccccc2)N2CCN(C(=O)c3cncc(N)c3)C[C@@H]2CO)c1. The number of aliphatic hydroxyl groups excluding tert-OH is 1. The molecule has 33 heavy (non-hydrogen) atoms. The van der Waals surface area contributed by atoms with Crippen molar-refractivity contribution in [1.29, 1.82) is 5.26 Å². The van der Waals surface area contributed by atoms with Crippen LogP contribution in [0, 0.1) is 11.3 Å². The number of nitrogens with zero attached hydrogens (tertiary/aromatic N) is 4. The number of aromatic nitrogens is 1. The second-order valence-corrected chi connectivity index (χ2v) is 8.40. The highest BCUT2D eigenvalue weighted by atomic mass is 35.5. The molecule has 2 atom stereocenters. The summed E-state index contributed by atoms with van der Waals surface area (Å²) < 4.78 is 0. The lowest BCUT2D eigenvalue weighted by Gasteiger charge is -2.45. The van der Waals surface area contributed by atoms with Gasteiger partial charge >= 0.3 is 0 Å². The first-order chi connectivity index (χ1) is 16.0. The molecule has 3 aromatic rings. The quantitative estimate of drug-likeness (QED) is 0.604. The summed E-state index contributed by atoms with van der Waals surface area (Å²) in [6.07, 6.45) is 2.99. The highest BCUT2D eigenvalue weighted by Gasteiger charge is 2.36. The zero-order chi connectivity index (χ0) is 23.4. The number of aliphatic hydroxyl groups is 1. The molecule has 1 aliphatic rings. The minimum atomic E-state index is -0.330. The number of carbonyl (C=O) groups is 1. The molecule has 1 amide bonds. The van der Waals surface area contributed by atoms with E-state index in [1.807, 2.05) is 30.3 Å². The zero-order valence-corrected chi connectivity index (χ0v) is 18.7. The maximum absolute atomic E-state index is 13.0. The molecule has 0 bridgehead atoms. The Morgan fingerprint density at radius 1 is 1.21 bits per heavy atom. The Morgan fingerprint density at radius 3 is 2.70 bits per heavy atom. The third-order valence-corrected chi connectivity index (χ3v) is 6.24. The van der Waals surface area contributed by atoms with E-state index in [1.165, 1.54) is 12.4 Å². The number of rotatable bonds is 5. The standard InChI is InChI=1S/C25H24ClN5O2/c26-23-7-6-17(12-27)10-22(23)24(18-4-2-1-3-5-18)31-9-8-30(15-21(31)16-32)25(33)19-11-20(28)14-29-13-19/h1-7,10-11,13-14,21,24,32H,8-9,15-16,28H2/t21-,24+/m1/s1. The number of halogens is 1. The van der Waals surface area contributed by atoms with Crippen LogP contribution in [0.3, 0.4) is 0 Å². The molecule has 0 saturated carbocycles. The summed E-state index contributed by atoms with van der Waals surface area (Å²) in [6, 6.07) is 18.2. The monoisotopic (exact) mass is 461 g/mol. The molecule has 0 unspecified atom stereocenters. The number of hydrogen-bond acceptors (Lipinski definition) is 6. The fourth-order valence-electron chi connectivity index (χ4n) is 4.32. The maximum Gasteiger partial charge on any atom is 0.255 e. The zero-order valence-electron chi connectivity index (χ0n) is 17.9. The van der Waals surface area contributed by atoms with Crippen molar-refractivity contribution in [3.05, 3.63) is 94.3 Å². The van der Waals surface area contributed by atoms with Crippen LogP contribution in [0.1, 0.15) is 33.1 Å². The van der Waals surface area contributed by atoms with Gasteiger partial charge in [-0.3, -0.25) is 14.7 Å². The number of hydrogen-bond donors (Lipinski definition) is 2. The lowest BCUT2D eigenvalue weighted by atomic mass is 9.93. The Hall–Kier alpha value is -3.44. The van der Waals surface area contributed by atoms with Crippen molar-refractivity contribution in [3.8, 4) is 6.07 Å². The van der Waals surface area contributed by atoms with Crippen molar-refractivity contribution in [1.82, 2.24) is 14.8 Å². The van der Waals surface area contributed by atoms with E-state index in [9.17, 15) is 15.2 Å². The maximum atomic E-state index is 13.0. The third-order valence-electron chi connectivity index (χ3n) is 5.90. The number of amides is 1. The van der Waals surface area contributed by atoms with Gasteiger partial charge in [-0.25, -0.2) is 0 Å². The molecule has 2 aromatic carbocycles. The molecule has 1 saturated heterocycles. The van der Waals surface area contributed by atoms with Crippen LogP contribution in [0.4, 0.5) is 5.69 Å². The number of nitrogen functional groups attached to an aromatic ring is 1. The summed E-state index contributed by atoms with van der Waals surface area (Å²) in [7, 11) is 0. The first kappa shape index (κ1) is 22.7. The highest BCUT2D eigenvalue weighted by molar-refractivity contribution is 6.31. The fraction of sp³-hybridized carbons (Fsp3) is 0.240. The number of carbonyl (C=O) groups excluding carboxylic acids is 1. The van der Waals surface area contributed by atoms with Gasteiger partial charge in [-0.1, -0.05) is 41.9 Å². The second kappa shape index (κ2) is 10.0. The molecule has 2 heterocycles. The topological polar surface area (TPSA) is 106 Å². The van der Waals surface area contributed by atoms with Gasteiger partial charge < -0.3 is 15.7 Å². The van der Waals surface area contributed by atoms with Gasteiger partial charge in [0.2, 0.25) is 0 Å². The Morgan fingerprint density at radius 2 is 2.00 bits per heavy atom. The predicted molar refractivity (Wildman–Crippen MR) is 127 cm³/mol. The number of benzene rings is 2. The average Bonchev–Trinajstić information content (AvgIpc) is 2.85. The molecule has 7 nitrogen and oxygen atoms in total. The summed E-state index contributed by atoms with van der Waals surface area (Å²) in [5.41, 5.74) is 8.94. The molecular formula is C25H24ClN5O2. The lowest BCUT2D eigenvalue weighted by Crippen LogP contribution is -2.57. The van der Waals surface area contributed by atoms with Crippen molar-refractivity contribution in [2.75, 3.05) is 32.0 Å². The molecule has 1 aromatic heterocycles. The summed E-state index contributed by atoms with van der Waals surface area (Å²) in [4.78, 5) is 20.9. The van der Waals surface area contributed by atoms with Gasteiger partial charge in [0.15, 0.2) is 0 Å². The molecule has 0 radical (unpaired) electrons. The fourth-order valence-corrected chi connectivity index (χ4v) is 4.54. The minimum absolute atomic E-state index is 0.141.